The maximum Gasteiger partial charge on any atom is 0.158 e. The molecule has 4 heteroatoms. The second kappa shape index (κ2) is 6.20. The maximum atomic E-state index is 12.4. The second-order valence-corrected chi connectivity index (χ2v) is 7.13. The van der Waals surface area contributed by atoms with Gasteiger partial charge < -0.3 is 5.73 Å². The number of hydrogen-bond acceptors (Lipinski definition) is 3. The van der Waals surface area contributed by atoms with Gasteiger partial charge in [-0.1, -0.05) is 67.6 Å². The summed E-state index contributed by atoms with van der Waals surface area (Å²) in [6.45, 7) is 1.66. The molecule has 0 spiro atoms. The van der Waals surface area contributed by atoms with Gasteiger partial charge in [-0.25, -0.2) is 8.42 Å². The lowest BCUT2D eigenvalue weighted by molar-refractivity contribution is 0.562. The topological polar surface area (TPSA) is 60.2 Å². The first-order chi connectivity index (χ1) is 9.56. The molecule has 2 N–H and O–H groups in total. The average Bonchev–Trinajstić information content (AvgIpc) is 2.49. The van der Waals surface area contributed by atoms with Crippen molar-refractivity contribution in [3.8, 4) is 0 Å². The third-order valence-electron chi connectivity index (χ3n) is 3.43. The van der Waals surface area contributed by atoms with E-state index in [0.717, 1.165) is 11.1 Å². The largest absolute Gasteiger partial charge is 0.323 e. The molecule has 3 nitrogen and oxygen atoms in total. The van der Waals surface area contributed by atoms with Crippen LogP contribution in [0.3, 0.4) is 0 Å². The van der Waals surface area contributed by atoms with Crippen LogP contribution in [0.25, 0.3) is 0 Å². The van der Waals surface area contributed by atoms with Crippen molar-refractivity contribution in [3.63, 3.8) is 0 Å². The molecule has 20 heavy (non-hydrogen) atoms. The van der Waals surface area contributed by atoms with Crippen LogP contribution in [-0.4, -0.2) is 14.2 Å². The number of nitrogens with two attached hydrogens (primary N) is 1. The van der Waals surface area contributed by atoms with E-state index in [9.17, 15) is 8.42 Å². The van der Waals surface area contributed by atoms with Gasteiger partial charge in [0.1, 0.15) is 5.25 Å². The fraction of sp³-hybridized carbons (Fsp3) is 0.250. The van der Waals surface area contributed by atoms with Crippen LogP contribution >= 0.6 is 0 Å². The lowest BCUT2D eigenvalue weighted by Crippen LogP contribution is -2.27. The molecule has 0 radical (unpaired) electrons. The Hall–Kier alpha value is -1.65. The van der Waals surface area contributed by atoms with Gasteiger partial charge in [0, 0.05) is 5.75 Å². The van der Waals surface area contributed by atoms with Crippen LogP contribution < -0.4 is 5.73 Å². The zero-order chi connectivity index (χ0) is 14.6. The standard InChI is InChI=1S/C16H19NO2S/c1-2-20(18,19)16(14-11-7-4-8-12-14)15(17)13-9-5-3-6-10-13/h3-12,15-16H,2,17H2,1H3. The van der Waals surface area contributed by atoms with Crippen molar-refractivity contribution >= 4 is 9.84 Å². The third kappa shape index (κ3) is 3.08. The summed E-state index contributed by atoms with van der Waals surface area (Å²) >= 11 is 0. The minimum absolute atomic E-state index is 0.0765. The van der Waals surface area contributed by atoms with E-state index in [2.05, 4.69) is 0 Å². The predicted molar refractivity (Wildman–Crippen MR) is 82.0 cm³/mol. The Kier molecular flexibility index (Phi) is 4.57. The zero-order valence-corrected chi connectivity index (χ0v) is 12.3. The monoisotopic (exact) mass is 289 g/mol. The number of rotatable bonds is 5. The molecule has 0 aliphatic rings. The average molecular weight is 289 g/mol. The molecule has 2 atom stereocenters. The summed E-state index contributed by atoms with van der Waals surface area (Å²) in [5.74, 6) is 0.0765. The fourth-order valence-electron chi connectivity index (χ4n) is 2.31. The maximum absolute atomic E-state index is 12.4. The van der Waals surface area contributed by atoms with Crippen molar-refractivity contribution in [1.29, 1.82) is 0 Å². The molecule has 0 amide bonds. The van der Waals surface area contributed by atoms with E-state index in [4.69, 9.17) is 5.73 Å². The van der Waals surface area contributed by atoms with Crippen molar-refractivity contribution in [1.82, 2.24) is 0 Å². The number of hydrogen-bond donors (Lipinski definition) is 1. The molecule has 2 rings (SSSR count). The first kappa shape index (κ1) is 14.8. The molecule has 0 aliphatic carbocycles. The Morgan fingerprint density at radius 1 is 0.900 bits per heavy atom. The molecule has 0 heterocycles. The molecule has 106 valence electrons. The Morgan fingerprint density at radius 2 is 1.35 bits per heavy atom. The summed E-state index contributed by atoms with van der Waals surface area (Å²) in [4.78, 5) is 0. The highest BCUT2D eigenvalue weighted by atomic mass is 32.2. The smallest absolute Gasteiger partial charge is 0.158 e. The van der Waals surface area contributed by atoms with Crippen LogP contribution in [0.5, 0.6) is 0 Å². The van der Waals surface area contributed by atoms with E-state index >= 15 is 0 Å². The van der Waals surface area contributed by atoms with Gasteiger partial charge in [-0.3, -0.25) is 0 Å². The van der Waals surface area contributed by atoms with Crippen molar-refractivity contribution < 1.29 is 8.42 Å². The number of benzene rings is 2. The Labute approximate surface area is 120 Å². The van der Waals surface area contributed by atoms with E-state index in [0.29, 0.717) is 0 Å². The Morgan fingerprint density at radius 3 is 1.80 bits per heavy atom. The Balaban J connectivity index is 2.48. The van der Waals surface area contributed by atoms with Crippen LogP contribution in [0, 0.1) is 0 Å². The van der Waals surface area contributed by atoms with Crippen LogP contribution in [-0.2, 0) is 9.84 Å². The lowest BCUT2D eigenvalue weighted by atomic mass is 9.99. The number of sulfone groups is 1. The third-order valence-corrected chi connectivity index (χ3v) is 5.57. The highest BCUT2D eigenvalue weighted by Crippen LogP contribution is 2.34. The van der Waals surface area contributed by atoms with Gasteiger partial charge >= 0.3 is 0 Å². The van der Waals surface area contributed by atoms with E-state index < -0.39 is 21.1 Å². The van der Waals surface area contributed by atoms with Crippen molar-refractivity contribution in [2.75, 3.05) is 5.75 Å². The van der Waals surface area contributed by atoms with Gasteiger partial charge in [0.2, 0.25) is 0 Å². The molecule has 0 bridgehead atoms. The second-order valence-electron chi connectivity index (χ2n) is 4.72. The summed E-state index contributed by atoms with van der Waals surface area (Å²) < 4.78 is 24.9. The van der Waals surface area contributed by atoms with Gasteiger partial charge in [-0.15, -0.1) is 0 Å². The molecule has 0 aliphatic heterocycles. The summed E-state index contributed by atoms with van der Waals surface area (Å²) in [7, 11) is -3.29. The molecular formula is C16H19NO2S. The normalized spacial score (nSPS) is 14.7. The lowest BCUT2D eigenvalue weighted by Gasteiger charge is -2.24. The van der Waals surface area contributed by atoms with Gasteiger partial charge in [0.15, 0.2) is 9.84 Å². The molecule has 2 unspecified atom stereocenters. The highest BCUT2D eigenvalue weighted by Gasteiger charge is 2.32. The van der Waals surface area contributed by atoms with Crippen molar-refractivity contribution in [2.24, 2.45) is 5.73 Å². The molecule has 0 fully saturated rings. The van der Waals surface area contributed by atoms with Crippen LogP contribution in [0.4, 0.5) is 0 Å². The molecular weight excluding hydrogens is 270 g/mol. The van der Waals surface area contributed by atoms with E-state index in [1.54, 1.807) is 6.92 Å². The minimum Gasteiger partial charge on any atom is -0.323 e. The van der Waals surface area contributed by atoms with E-state index in [1.165, 1.54) is 0 Å². The van der Waals surface area contributed by atoms with Gasteiger partial charge in [-0.2, -0.15) is 0 Å². The van der Waals surface area contributed by atoms with Gasteiger partial charge in [-0.05, 0) is 11.1 Å². The van der Waals surface area contributed by atoms with Crippen molar-refractivity contribution in [2.45, 2.75) is 18.2 Å². The molecule has 0 saturated heterocycles. The summed E-state index contributed by atoms with van der Waals surface area (Å²) in [5.41, 5.74) is 7.83. The molecule has 2 aromatic rings. The first-order valence-electron chi connectivity index (χ1n) is 6.63. The summed E-state index contributed by atoms with van der Waals surface area (Å²) in [6.07, 6.45) is 0. The quantitative estimate of drug-likeness (QED) is 0.920. The molecule has 2 aromatic carbocycles. The van der Waals surface area contributed by atoms with Crippen LogP contribution in [0.15, 0.2) is 60.7 Å². The molecule has 0 saturated carbocycles. The first-order valence-corrected chi connectivity index (χ1v) is 8.35. The zero-order valence-electron chi connectivity index (χ0n) is 11.4. The SMILES string of the molecule is CCS(=O)(=O)C(c1ccccc1)C(N)c1ccccc1. The highest BCUT2D eigenvalue weighted by molar-refractivity contribution is 7.91. The van der Waals surface area contributed by atoms with Gasteiger partial charge in [0.05, 0.1) is 6.04 Å². The summed E-state index contributed by atoms with van der Waals surface area (Å²) in [5, 5.41) is -0.712. The van der Waals surface area contributed by atoms with Crippen molar-refractivity contribution in [3.05, 3.63) is 71.8 Å². The summed E-state index contributed by atoms with van der Waals surface area (Å²) in [6, 6.07) is 18.0. The predicted octanol–water partition coefficient (Wildman–Crippen LogP) is 2.86. The van der Waals surface area contributed by atoms with E-state index in [1.807, 2.05) is 60.7 Å². The fourth-order valence-corrected chi connectivity index (χ4v) is 3.85. The van der Waals surface area contributed by atoms with Gasteiger partial charge in [0.25, 0.3) is 0 Å². The van der Waals surface area contributed by atoms with Crippen LogP contribution in [0.2, 0.25) is 0 Å². The Bertz CT molecular complexity index is 639. The molecule has 0 aromatic heterocycles. The minimum atomic E-state index is -3.29. The van der Waals surface area contributed by atoms with Crippen LogP contribution in [0.1, 0.15) is 29.3 Å². The van der Waals surface area contributed by atoms with E-state index in [-0.39, 0.29) is 5.75 Å².